The summed E-state index contributed by atoms with van der Waals surface area (Å²) in [4.78, 5) is 2.42. The average molecular weight is 302 g/mol. The first-order chi connectivity index (χ1) is 10.7. The van der Waals surface area contributed by atoms with Gasteiger partial charge in [0.2, 0.25) is 0 Å². The van der Waals surface area contributed by atoms with Crippen molar-refractivity contribution in [2.45, 2.75) is 32.8 Å². The maximum Gasteiger partial charge on any atom is 0.120 e. The minimum Gasteiger partial charge on any atom is -0.492 e. The molecule has 1 aliphatic rings. The van der Waals surface area contributed by atoms with Gasteiger partial charge in [0.05, 0.1) is 17.7 Å². The molecule has 0 N–H and O–H groups in total. The van der Waals surface area contributed by atoms with Gasteiger partial charge in [0.1, 0.15) is 12.4 Å². The topological polar surface area (TPSA) is 45.5 Å². The molecule has 1 heterocycles. The summed E-state index contributed by atoms with van der Waals surface area (Å²) in [5, 5.41) is 8.87. The predicted molar refractivity (Wildman–Crippen MR) is 86.9 cm³/mol. The van der Waals surface area contributed by atoms with Gasteiger partial charge in [-0.2, -0.15) is 5.26 Å². The highest BCUT2D eigenvalue weighted by molar-refractivity contribution is 5.36. The first-order valence-electron chi connectivity index (χ1n) is 8.14. The third-order valence-corrected chi connectivity index (χ3v) is 3.84. The number of nitrogens with zero attached hydrogens (tertiary/aromatic N) is 2. The van der Waals surface area contributed by atoms with Crippen LogP contribution in [-0.2, 0) is 4.74 Å². The van der Waals surface area contributed by atoms with Crippen molar-refractivity contribution in [3.8, 4) is 11.8 Å². The molecule has 1 aromatic rings. The van der Waals surface area contributed by atoms with Crippen LogP contribution >= 0.6 is 0 Å². The molecule has 4 heteroatoms. The van der Waals surface area contributed by atoms with E-state index >= 15 is 0 Å². The van der Waals surface area contributed by atoms with Gasteiger partial charge in [-0.15, -0.1) is 0 Å². The van der Waals surface area contributed by atoms with E-state index in [1.807, 2.05) is 12.1 Å². The number of hydrogen-bond acceptors (Lipinski definition) is 4. The normalized spacial score (nSPS) is 16.6. The Morgan fingerprint density at radius 2 is 2.09 bits per heavy atom. The summed E-state index contributed by atoms with van der Waals surface area (Å²) in [5.41, 5.74) is 0.639. The first-order valence-corrected chi connectivity index (χ1v) is 8.14. The largest absolute Gasteiger partial charge is 0.492 e. The number of hydrogen-bond donors (Lipinski definition) is 0. The molecule has 0 radical (unpaired) electrons. The highest BCUT2D eigenvalue weighted by atomic mass is 16.5. The molecular weight excluding hydrogens is 276 g/mol. The molecular formula is C18H26N2O2. The summed E-state index contributed by atoms with van der Waals surface area (Å²) in [7, 11) is 0. The van der Waals surface area contributed by atoms with Gasteiger partial charge >= 0.3 is 0 Å². The Kier molecular flexibility index (Phi) is 6.70. The second-order valence-corrected chi connectivity index (χ2v) is 6.26. The maximum absolute atomic E-state index is 8.87. The molecule has 1 aliphatic heterocycles. The molecule has 1 fully saturated rings. The Balaban J connectivity index is 1.63. The van der Waals surface area contributed by atoms with Crippen molar-refractivity contribution in [1.82, 2.24) is 4.90 Å². The lowest BCUT2D eigenvalue weighted by atomic mass is 10.1. The van der Waals surface area contributed by atoms with Crippen LogP contribution in [0.1, 0.15) is 32.3 Å². The molecule has 0 amide bonds. The number of benzene rings is 1. The third-order valence-electron chi connectivity index (χ3n) is 3.84. The molecule has 0 saturated carbocycles. The van der Waals surface area contributed by atoms with Crippen molar-refractivity contribution in [2.75, 3.05) is 32.8 Å². The van der Waals surface area contributed by atoms with Crippen LogP contribution in [0.2, 0.25) is 0 Å². The number of ether oxygens (including phenoxy) is 2. The summed E-state index contributed by atoms with van der Waals surface area (Å²) in [6.45, 7) is 8.97. The Morgan fingerprint density at radius 1 is 1.32 bits per heavy atom. The van der Waals surface area contributed by atoms with Crippen LogP contribution in [0.25, 0.3) is 0 Å². The van der Waals surface area contributed by atoms with E-state index in [0.29, 0.717) is 24.2 Å². The summed E-state index contributed by atoms with van der Waals surface area (Å²) >= 11 is 0. The number of rotatable bonds is 7. The summed E-state index contributed by atoms with van der Waals surface area (Å²) < 4.78 is 11.6. The lowest BCUT2D eigenvalue weighted by Crippen LogP contribution is -2.39. The molecule has 1 aromatic carbocycles. The molecule has 120 valence electrons. The van der Waals surface area contributed by atoms with Crippen molar-refractivity contribution < 1.29 is 9.47 Å². The average Bonchev–Trinajstić information content (AvgIpc) is 2.54. The Bertz CT molecular complexity index is 488. The molecule has 4 nitrogen and oxygen atoms in total. The minimum absolute atomic E-state index is 0.423. The zero-order valence-electron chi connectivity index (χ0n) is 13.6. The maximum atomic E-state index is 8.87. The minimum atomic E-state index is 0.423. The van der Waals surface area contributed by atoms with Gasteiger partial charge in [-0.05, 0) is 37.0 Å². The van der Waals surface area contributed by atoms with Crippen LogP contribution in [0, 0.1) is 17.2 Å². The van der Waals surface area contributed by atoms with Gasteiger partial charge in [-0.25, -0.2) is 0 Å². The van der Waals surface area contributed by atoms with Gasteiger partial charge in [0.15, 0.2) is 0 Å². The molecule has 2 rings (SSSR count). The number of likely N-dealkylation sites (tertiary alicyclic amines) is 1. The smallest absolute Gasteiger partial charge is 0.120 e. The van der Waals surface area contributed by atoms with Crippen LogP contribution in [-0.4, -0.2) is 43.9 Å². The third kappa shape index (κ3) is 5.67. The second-order valence-electron chi connectivity index (χ2n) is 6.26. The number of nitriles is 1. The monoisotopic (exact) mass is 302 g/mol. The SMILES string of the molecule is CC(C)COC1CCN(CCOc2cccc(C#N)c2)CC1. The standard InChI is InChI=1S/C18H26N2O2/c1-15(2)14-22-17-6-8-20(9-7-17)10-11-21-18-5-3-4-16(12-18)13-19/h3-5,12,15,17H,6-11,14H2,1-2H3. The van der Waals surface area contributed by atoms with Crippen LogP contribution < -0.4 is 4.74 Å². The van der Waals surface area contributed by atoms with Gasteiger partial charge in [0.25, 0.3) is 0 Å². The summed E-state index contributed by atoms with van der Waals surface area (Å²) in [6, 6.07) is 9.45. The van der Waals surface area contributed by atoms with E-state index in [1.54, 1.807) is 12.1 Å². The van der Waals surface area contributed by atoms with Crippen LogP contribution in [0.3, 0.4) is 0 Å². The lowest BCUT2D eigenvalue weighted by molar-refractivity contribution is -0.00612. The van der Waals surface area contributed by atoms with E-state index < -0.39 is 0 Å². The fourth-order valence-corrected chi connectivity index (χ4v) is 2.58. The molecule has 0 unspecified atom stereocenters. The molecule has 0 aliphatic carbocycles. The van der Waals surface area contributed by atoms with E-state index in [4.69, 9.17) is 14.7 Å². The van der Waals surface area contributed by atoms with Gasteiger partial charge in [-0.3, -0.25) is 4.90 Å². The molecule has 22 heavy (non-hydrogen) atoms. The van der Waals surface area contributed by atoms with Crippen molar-refractivity contribution in [2.24, 2.45) is 5.92 Å². The Morgan fingerprint density at radius 3 is 2.77 bits per heavy atom. The van der Waals surface area contributed by atoms with Crippen molar-refractivity contribution in [3.05, 3.63) is 29.8 Å². The van der Waals surface area contributed by atoms with E-state index in [0.717, 1.165) is 44.8 Å². The zero-order valence-corrected chi connectivity index (χ0v) is 13.6. The molecule has 0 aromatic heterocycles. The second kappa shape index (κ2) is 8.77. The van der Waals surface area contributed by atoms with Crippen LogP contribution in [0.15, 0.2) is 24.3 Å². The predicted octanol–water partition coefficient (Wildman–Crippen LogP) is 3.07. The van der Waals surface area contributed by atoms with Gasteiger partial charge < -0.3 is 9.47 Å². The Labute approximate surface area is 133 Å². The van der Waals surface area contributed by atoms with Gasteiger partial charge in [0, 0.05) is 26.2 Å². The van der Waals surface area contributed by atoms with E-state index in [-0.39, 0.29) is 0 Å². The first kappa shape index (κ1) is 16.8. The summed E-state index contributed by atoms with van der Waals surface area (Å²) in [6.07, 6.45) is 2.64. The highest BCUT2D eigenvalue weighted by Gasteiger charge is 2.19. The van der Waals surface area contributed by atoms with Crippen molar-refractivity contribution >= 4 is 0 Å². The Hall–Kier alpha value is -1.57. The molecule has 0 spiro atoms. The molecule has 0 atom stereocenters. The van der Waals surface area contributed by atoms with Crippen molar-refractivity contribution in [1.29, 1.82) is 5.26 Å². The quantitative estimate of drug-likeness (QED) is 0.776. The zero-order chi connectivity index (χ0) is 15.8. The molecule has 0 bridgehead atoms. The van der Waals surface area contributed by atoms with Gasteiger partial charge in [-0.1, -0.05) is 19.9 Å². The van der Waals surface area contributed by atoms with Crippen LogP contribution in [0.4, 0.5) is 0 Å². The van der Waals surface area contributed by atoms with E-state index in [9.17, 15) is 0 Å². The number of piperidine rings is 1. The van der Waals surface area contributed by atoms with Crippen LogP contribution in [0.5, 0.6) is 5.75 Å². The fourth-order valence-electron chi connectivity index (χ4n) is 2.58. The summed E-state index contributed by atoms with van der Waals surface area (Å²) in [5.74, 6) is 1.38. The van der Waals surface area contributed by atoms with E-state index in [2.05, 4.69) is 24.8 Å². The lowest BCUT2D eigenvalue weighted by Gasteiger charge is -2.32. The fraction of sp³-hybridized carbons (Fsp3) is 0.611. The highest BCUT2D eigenvalue weighted by Crippen LogP contribution is 2.15. The molecule has 1 saturated heterocycles. The van der Waals surface area contributed by atoms with E-state index in [1.165, 1.54) is 0 Å². The van der Waals surface area contributed by atoms with Crippen molar-refractivity contribution in [3.63, 3.8) is 0 Å².